The van der Waals surface area contributed by atoms with Crippen molar-refractivity contribution >= 4 is 17.6 Å². The van der Waals surface area contributed by atoms with Crippen LogP contribution in [0.5, 0.6) is 0 Å². The highest BCUT2D eigenvalue weighted by molar-refractivity contribution is 5.96. The molecule has 1 amide bonds. The summed E-state index contributed by atoms with van der Waals surface area (Å²) in [4.78, 5) is 21.8. The maximum atomic E-state index is 11.4. The molecular weight excluding hydrogens is 208 g/mol. The monoisotopic (exact) mass is 222 g/mol. The van der Waals surface area contributed by atoms with Crippen molar-refractivity contribution in [2.45, 2.75) is 19.4 Å². The molecule has 1 rings (SSSR count). The lowest BCUT2D eigenvalue weighted by atomic mass is 10.2. The Hall–Kier alpha value is -1.88. The lowest BCUT2D eigenvalue weighted by Crippen LogP contribution is -2.37. The summed E-state index contributed by atoms with van der Waals surface area (Å²) in [6, 6.07) is 6.14. The zero-order valence-electron chi connectivity index (χ0n) is 8.93. The van der Waals surface area contributed by atoms with Crippen molar-refractivity contribution in [1.29, 1.82) is 0 Å². The summed E-state index contributed by atoms with van der Waals surface area (Å²) < 4.78 is 0. The van der Waals surface area contributed by atoms with Gasteiger partial charge in [0.05, 0.1) is 12.5 Å². The molecule has 1 aromatic carbocycles. The van der Waals surface area contributed by atoms with E-state index >= 15 is 0 Å². The van der Waals surface area contributed by atoms with Gasteiger partial charge in [0.1, 0.15) is 0 Å². The van der Waals surface area contributed by atoms with E-state index in [1.807, 2.05) is 19.1 Å². The topological polar surface area (TPSA) is 92.4 Å². The lowest BCUT2D eigenvalue weighted by molar-refractivity contribution is -0.138. The van der Waals surface area contributed by atoms with Crippen LogP contribution in [-0.4, -0.2) is 23.0 Å². The fourth-order valence-corrected chi connectivity index (χ4v) is 1.15. The molecule has 86 valence electrons. The standard InChI is InChI=1S/C11H14N2O3/c1-7-2-4-8(5-3-7)13-11(16)9(12)6-10(14)15/h2-5,9H,6,12H2,1H3,(H,13,16)(H,14,15)/t9-/m0/s1. The van der Waals surface area contributed by atoms with Crippen LogP contribution in [0, 0.1) is 6.92 Å². The fourth-order valence-electron chi connectivity index (χ4n) is 1.15. The van der Waals surface area contributed by atoms with Gasteiger partial charge in [-0.05, 0) is 19.1 Å². The van der Waals surface area contributed by atoms with E-state index < -0.39 is 17.9 Å². The quantitative estimate of drug-likeness (QED) is 0.700. The number of carboxylic acid groups (broad SMARTS) is 1. The van der Waals surface area contributed by atoms with Crippen LogP contribution >= 0.6 is 0 Å². The highest BCUT2D eigenvalue weighted by atomic mass is 16.4. The van der Waals surface area contributed by atoms with E-state index in [1.165, 1.54) is 0 Å². The maximum absolute atomic E-state index is 11.4. The predicted octanol–water partition coefficient (Wildman–Crippen LogP) is 0.736. The lowest BCUT2D eigenvalue weighted by Gasteiger charge is -2.10. The first-order chi connectivity index (χ1) is 7.49. The van der Waals surface area contributed by atoms with E-state index in [9.17, 15) is 9.59 Å². The Bertz CT molecular complexity index is 387. The van der Waals surface area contributed by atoms with Crippen molar-refractivity contribution in [3.63, 3.8) is 0 Å². The minimum Gasteiger partial charge on any atom is -0.481 e. The molecule has 0 radical (unpaired) electrons. The third-order valence-corrected chi connectivity index (χ3v) is 2.05. The number of nitrogens with two attached hydrogens (primary N) is 1. The average molecular weight is 222 g/mol. The first-order valence-electron chi connectivity index (χ1n) is 4.84. The van der Waals surface area contributed by atoms with Gasteiger partial charge in [-0.3, -0.25) is 9.59 Å². The summed E-state index contributed by atoms with van der Waals surface area (Å²) in [6.45, 7) is 1.93. The number of nitrogens with one attached hydrogen (secondary N) is 1. The molecule has 0 spiro atoms. The highest BCUT2D eigenvalue weighted by Crippen LogP contribution is 2.09. The molecule has 0 aliphatic heterocycles. The molecule has 16 heavy (non-hydrogen) atoms. The Morgan fingerprint density at radius 1 is 1.38 bits per heavy atom. The van der Waals surface area contributed by atoms with Crippen molar-refractivity contribution in [3.05, 3.63) is 29.8 Å². The zero-order chi connectivity index (χ0) is 12.1. The number of benzene rings is 1. The van der Waals surface area contributed by atoms with Gasteiger partial charge in [0.25, 0.3) is 0 Å². The summed E-state index contributed by atoms with van der Waals surface area (Å²) in [5, 5.41) is 11.0. The number of aryl methyl sites for hydroxylation is 1. The predicted molar refractivity (Wildman–Crippen MR) is 60.0 cm³/mol. The van der Waals surface area contributed by atoms with E-state index in [1.54, 1.807) is 12.1 Å². The molecule has 5 nitrogen and oxygen atoms in total. The molecule has 0 aliphatic rings. The van der Waals surface area contributed by atoms with Crippen LogP contribution in [0.3, 0.4) is 0 Å². The van der Waals surface area contributed by atoms with Crippen LogP contribution in [0.1, 0.15) is 12.0 Å². The van der Waals surface area contributed by atoms with Crippen molar-refractivity contribution < 1.29 is 14.7 Å². The molecule has 0 bridgehead atoms. The Morgan fingerprint density at radius 3 is 2.44 bits per heavy atom. The average Bonchev–Trinajstić information content (AvgIpc) is 2.20. The van der Waals surface area contributed by atoms with Crippen LogP contribution < -0.4 is 11.1 Å². The second kappa shape index (κ2) is 5.27. The largest absolute Gasteiger partial charge is 0.481 e. The molecule has 1 atom stereocenters. The molecule has 1 aromatic rings. The van der Waals surface area contributed by atoms with Crippen LogP contribution in [0.2, 0.25) is 0 Å². The number of carbonyl (C=O) groups is 2. The van der Waals surface area contributed by atoms with Crippen LogP contribution in [0.15, 0.2) is 24.3 Å². The minimum atomic E-state index is -1.09. The summed E-state index contributed by atoms with van der Waals surface area (Å²) >= 11 is 0. The van der Waals surface area contributed by atoms with E-state index in [4.69, 9.17) is 10.8 Å². The summed E-state index contributed by atoms with van der Waals surface area (Å²) in [5.41, 5.74) is 7.09. The molecular formula is C11H14N2O3. The van der Waals surface area contributed by atoms with Crippen molar-refractivity contribution in [2.75, 3.05) is 5.32 Å². The summed E-state index contributed by atoms with van der Waals surface area (Å²) in [6.07, 6.45) is -0.377. The third-order valence-electron chi connectivity index (χ3n) is 2.05. The van der Waals surface area contributed by atoms with Gasteiger partial charge in [0.2, 0.25) is 5.91 Å². The van der Waals surface area contributed by atoms with E-state index in [-0.39, 0.29) is 6.42 Å². The fraction of sp³-hybridized carbons (Fsp3) is 0.273. The van der Waals surface area contributed by atoms with Crippen LogP contribution in [0.4, 0.5) is 5.69 Å². The Morgan fingerprint density at radius 2 is 1.94 bits per heavy atom. The smallest absolute Gasteiger partial charge is 0.305 e. The number of amides is 1. The van der Waals surface area contributed by atoms with E-state index in [0.29, 0.717) is 5.69 Å². The first-order valence-corrected chi connectivity index (χ1v) is 4.84. The Balaban J connectivity index is 2.57. The van der Waals surface area contributed by atoms with Gasteiger partial charge in [-0.15, -0.1) is 0 Å². The van der Waals surface area contributed by atoms with Gasteiger partial charge in [-0.2, -0.15) is 0 Å². The van der Waals surface area contributed by atoms with Crippen LogP contribution in [-0.2, 0) is 9.59 Å². The zero-order valence-corrected chi connectivity index (χ0v) is 8.93. The molecule has 5 heteroatoms. The van der Waals surface area contributed by atoms with Crippen LogP contribution in [0.25, 0.3) is 0 Å². The number of hydrogen-bond acceptors (Lipinski definition) is 3. The molecule has 0 fully saturated rings. The number of aliphatic carboxylic acids is 1. The van der Waals surface area contributed by atoms with E-state index in [2.05, 4.69) is 5.32 Å². The molecule has 0 unspecified atom stereocenters. The van der Waals surface area contributed by atoms with Gasteiger partial charge >= 0.3 is 5.97 Å². The molecule has 0 heterocycles. The molecule has 0 saturated heterocycles. The molecule has 0 aromatic heterocycles. The Labute approximate surface area is 93.3 Å². The highest BCUT2D eigenvalue weighted by Gasteiger charge is 2.16. The van der Waals surface area contributed by atoms with Crippen molar-refractivity contribution in [1.82, 2.24) is 0 Å². The second-order valence-corrected chi connectivity index (χ2v) is 3.56. The molecule has 0 saturated carbocycles. The Kier molecular flexibility index (Phi) is 4.02. The summed E-state index contributed by atoms with van der Waals surface area (Å²) in [7, 11) is 0. The first kappa shape index (κ1) is 12.2. The number of carboxylic acids is 1. The van der Waals surface area contributed by atoms with Gasteiger partial charge in [-0.1, -0.05) is 17.7 Å². The van der Waals surface area contributed by atoms with Gasteiger partial charge in [0, 0.05) is 5.69 Å². The normalized spacial score (nSPS) is 11.9. The second-order valence-electron chi connectivity index (χ2n) is 3.56. The maximum Gasteiger partial charge on any atom is 0.305 e. The SMILES string of the molecule is Cc1ccc(NC(=O)[C@@H](N)CC(=O)O)cc1. The number of carbonyl (C=O) groups excluding carboxylic acids is 1. The van der Waals surface area contributed by atoms with E-state index in [0.717, 1.165) is 5.56 Å². The molecule has 4 N–H and O–H groups in total. The van der Waals surface area contributed by atoms with Gasteiger partial charge in [-0.25, -0.2) is 0 Å². The number of hydrogen-bond donors (Lipinski definition) is 3. The number of rotatable bonds is 4. The van der Waals surface area contributed by atoms with Crippen molar-refractivity contribution in [2.24, 2.45) is 5.73 Å². The molecule has 0 aliphatic carbocycles. The third kappa shape index (κ3) is 3.70. The summed E-state index contributed by atoms with van der Waals surface area (Å²) in [5.74, 6) is -1.59. The minimum absolute atomic E-state index is 0.377. The van der Waals surface area contributed by atoms with Gasteiger partial charge in [0.15, 0.2) is 0 Å². The number of anilines is 1. The van der Waals surface area contributed by atoms with Gasteiger partial charge < -0.3 is 16.2 Å². The van der Waals surface area contributed by atoms with Crippen molar-refractivity contribution in [3.8, 4) is 0 Å².